The Morgan fingerprint density at radius 2 is 1.47 bits per heavy atom. The van der Waals surface area contributed by atoms with E-state index >= 15 is 0 Å². The maximum Gasteiger partial charge on any atom is 0.0355 e. The SMILES string of the molecule is [c]1ccc(-c2ccc3sc4ccccc4c3c2)cc1. The fourth-order valence-electron chi connectivity index (χ4n) is 2.48. The van der Waals surface area contributed by atoms with Gasteiger partial charge in [-0.2, -0.15) is 0 Å². The monoisotopic (exact) mass is 259 g/mol. The molecule has 0 unspecified atom stereocenters. The summed E-state index contributed by atoms with van der Waals surface area (Å²) in [4.78, 5) is 0. The Balaban J connectivity index is 2.03. The second-order valence-electron chi connectivity index (χ2n) is 4.60. The Kier molecular flexibility index (Phi) is 2.39. The van der Waals surface area contributed by atoms with Gasteiger partial charge in [-0.1, -0.05) is 48.5 Å². The van der Waals surface area contributed by atoms with Gasteiger partial charge in [0, 0.05) is 20.2 Å². The van der Waals surface area contributed by atoms with Crippen LogP contribution in [-0.4, -0.2) is 0 Å². The lowest BCUT2D eigenvalue weighted by Gasteiger charge is -2.01. The highest BCUT2D eigenvalue weighted by Gasteiger charge is 2.05. The fraction of sp³-hybridized carbons (Fsp3) is 0. The predicted octanol–water partition coefficient (Wildman–Crippen LogP) is 5.52. The first-order chi connectivity index (χ1) is 9.42. The van der Waals surface area contributed by atoms with E-state index in [1.54, 1.807) is 0 Å². The molecule has 0 N–H and O–H groups in total. The minimum Gasteiger partial charge on any atom is -0.135 e. The molecule has 0 aliphatic heterocycles. The van der Waals surface area contributed by atoms with Crippen LogP contribution < -0.4 is 0 Å². The number of rotatable bonds is 1. The molecule has 0 saturated heterocycles. The Morgan fingerprint density at radius 1 is 0.684 bits per heavy atom. The maximum absolute atomic E-state index is 3.07. The average Bonchev–Trinajstić information content (AvgIpc) is 2.86. The topological polar surface area (TPSA) is 0 Å². The highest BCUT2D eigenvalue weighted by Crippen LogP contribution is 2.35. The summed E-state index contributed by atoms with van der Waals surface area (Å²) in [7, 11) is 0. The van der Waals surface area contributed by atoms with Crippen LogP contribution in [0.15, 0.2) is 66.7 Å². The zero-order chi connectivity index (χ0) is 12.7. The fourth-order valence-corrected chi connectivity index (χ4v) is 3.57. The molecule has 0 bridgehead atoms. The van der Waals surface area contributed by atoms with Crippen molar-refractivity contribution in [3.05, 3.63) is 72.8 Å². The molecule has 1 heteroatoms. The molecule has 0 saturated carbocycles. The molecule has 4 rings (SSSR count). The molecule has 1 aromatic heterocycles. The maximum atomic E-state index is 3.07. The molecule has 0 aliphatic rings. The normalized spacial score (nSPS) is 11.2. The lowest BCUT2D eigenvalue weighted by atomic mass is 10.0. The first-order valence-corrected chi connectivity index (χ1v) is 7.11. The van der Waals surface area contributed by atoms with E-state index in [0.29, 0.717) is 0 Å². The van der Waals surface area contributed by atoms with Crippen LogP contribution in [-0.2, 0) is 0 Å². The van der Waals surface area contributed by atoms with Crippen LogP contribution in [0.1, 0.15) is 0 Å². The minimum atomic E-state index is 1.25. The van der Waals surface area contributed by atoms with Gasteiger partial charge in [0.25, 0.3) is 0 Å². The Labute approximate surface area is 115 Å². The third-order valence-corrected chi connectivity index (χ3v) is 4.58. The largest absolute Gasteiger partial charge is 0.135 e. The van der Waals surface area contributed by atoms with Gasteiger partial charge in [-0.05, 0) is 35.4 Å². The predicted molar refractivity (Wildman–Crippen MR) is 83.6 cm³/mol. The highest BCUT2D eigenvalue weighted by atomic mass is 32.1. The van der Waals surface area contributed by atoms with E-state index in [9.17, 15) is 0 Å². The van der Waals surface area contributed by atoms with E-state index in [4.69, 9.17) is 0 Å². The minimum absolute atomic E-state index is 1.25. The van der Waals surface area contributed by atoms with Crippen LogP contribution in [0.4, 0.5) is 0 Å². The number of thiophene rings is 1. The third-order valence-electron chi connectivity index (χ3n) is 3.43. The summed E-state index contributed by atoms with van der Waals surface area (Å²) in [6, 6.07) is 26.5. The molecule has 89 valence electrons. The van der Waals surface area contributed by atoms with E-state index in [-0.39, 0.29) is 0 Å². The van der Waals surface area contributed by atoms with Crippen molar-refractivity contribution in [2.24, 2.45) is 0 Å². The van der Waals surface area contributed by atoms with Crippen LogP contribution in [0.2, 0.25) is 0 Å². The molecular weight excluding hydrogens is 248 g/mol. The Hall–Kier alpha value is -2.12. The van der Waals surface area contributed by atoms with Gasteiger partial charge < -0.3 is 0 Å². The molecule has 0 aliphatic carbocycles. The van der Waals surface area contributed by atoms with Crippen molar-refractivity contribution >= 4 is 31.5 Å². The molecule has 0 amide bonds. The van der Waals surface area contributed by atoms with Gasteiger partial charge in [0.05, 0.1) is 0 Å². The van der Waals surface area contributed by atoms with Gasteiger partial charge in [0.1, 0.15) is 0 Å². The first kappa shape index (κ1) is 10.8. The van der Waals surface area contributed by atoms with Gasteiger partial charge in [-0.25, -0.2) is 0 Å². The number of hydrogen-bond donors (Lipinski definition) is 0. The van der Waals surface area contributed by atoms with Crippen molar-refractivity contribution in [1.29, 1.82) is 0 Å². The first-order valence-electron chi connectivity index (χ1n) is 6.29. The molecule has 3 aromatic carbocycles. The van der Waals surface area contributed by atoms with E-state index in [2.05, 4.69) is 60.7 Å². The molecule has 0 nitrogen and oxygen atoms in total. The summed E-state index contributed by atoms with van der Waals surface area (Å²) in [5, 5.41) is 2.71. The summed E-state index contributed by atoms with van der Waals surface area (Å²) < 4.78 is 2.71. The van der Waals surface area contributed by atoms with Crippen molar-refractivity contribution < 1.29 is 0 Å². The van der Waals surface area contributed by atoms with Crippen molar-refractivity contribution in [3.8, 4) is 11.1 Å². The summed E-state index contributed by atoms with van der Waals surface area (Å²) in [6.45, 7) is 0. The van der Waals surface area contributed by atoms with Gasteiger partial charge in [-0.15, -0.1) is 11.3 Å². The van der Waals surface area contributed by atoms with E-state index in [0.717, 1.165) is 0 Å². The van der Waals surface area contributed by atoms with Gasteiger partial charge in [-0.3, -0.25) is 0 Å². The average molecular weight is 259 g/mol. The highest BCUT2D eigenvalue weighted by molar-refractivity contribution is 7.25. The molecule has 1 heterocycles. The summed E-state index contributed by atoms with van der Waals surface area (Å²) >= 11 is 1.86. The molecule has 0 fully saturated rings. The molecule has 4 aromatic rings. The van der Waals surface area contributed by atoms with Crippen LogP contribution in [0, 0.1) is 6.07 Å². The molecule has 1 radical (unpaired) electrons. The van der Waals surface area contributed by atoms with Gasteiger partial charge in [0.2, 0.25) is 0 Å². The molecule has 0 atom stereocenters. The van der Waals surface area contributed by atoms with Crippen LogP contribution in [0.3, 0.4) is 0 Å². The summed E-state index contributed by atoms with van der Waals surface area (Å²) in [6.07, 6.45) is 0. The quantitative estimate of drug-likeness (QED) is 0.422. The van der Waals surface area contributed by atoms with Crippen molar-refractivity contribution in [2.45, 2.75) is 0 Å². The summed E-state index contributed by atoms with van der Waals surface area (Å²) in [5.41, 5.74) is 2.51. The number of fused-ring (bicyclic) bond motifs is 3. The lowest BCUT2D eigenvalue weighted by Crippen LogP contribution is -1.76. The zero-order valence-corrected chi connectivity index (χ0v) is 11.1. The standard InChI is InChI=1S/C18H11S/c1-2-6-13(7-3-1)14-10-11-18-16(12-14)15-8-4-5-9-17(15)19-18/h2-12H. The number of hydrogen-bond acceptors (Lipinski definition) is 1. The third kappa shape index (κ3) is 1.74. The zero-order valence-electron chi connectivity index (χ0n) is 10.3. The molecular formula is C18H11S. The Morgan fingerprint density at radius 3 is 2.37 bits per heavy atom. The smallest absolute Gasteiger partial charge is 0.0355 e. The lowest BCUT2D eigenvalue weighted by molar-refractivity contribution is 1.65. The van der Waals surface area contributed by atoms with Gasteiger partial charge >= 0.3 is 0 Å². The van der Waals surface area contributed by atoms with Crippen molar-refractivity contribution in [1.82, 2.24) is 0 Å². The van der Waals surface area contributed by atoms with Crippen molar-refractivity contribution in [2.75, 3.05) is 0 Å². The van der Waals surface area contributed by atoms with Gasteiger partial charge in [0.15, 0.2) is 0 Å². The van der Waals surface area contributed by atoms with Crippen LogP contribution in [0.25, 0.3) is 31.3 Å². The second-order valence-corrected chi connectivity index (χ2v) is 5.68. The molecule has 0 spiro atoms. The van der Waals surface area contributed by atoms with E-state index < -0.39 is 0 Å². The summed E-state index contributed by atoms with van der Waals surface area (Å²) in [5.74, 6) is 0. The van der Waals surface area contributed by atoms with E-state index in [1.165, 1.54) is 31.3 Å². The van der Waals surface area contributed by atoms with E-state index in [1.807, 2.05) is 23.5 Å². The van der Waals surface area contributed by atoms with Crippen molar-refractivity contribution in [3.63, 3.8) is 0 Å². The molecule has 19 heavy (non-hydrogen) atoms. The Bertz CT molecular complexity index is 857. The van der Waals surface area contributed by atoms with Crippen LogP contribution in [0.5, 0.6) is 0 Å². The van der Waals surface area contributed by atoms with Crippen LogP contribution >= 0.6 is 11.3 Å². The number of benzene rings is 3. The second kappa shape index (κ2) is 4.22.